The Balaban J connectivity index is 1.53. The van der Waals surface area contributed by atoms with Gasteiger partial charge in [-0.1, -0.05) is 35.4 Å². The van der Waals surface area contributed by atoms with E-state index in [2.05, 4.69) is 10.3 Å². The van der Waals surface area contributed by atoms with E-state index >= 15 is 0 Å². The first-order valence-electron chi connectivity index (χ1n) is 8.95. The minimum atomic E-state index is -0.368. The molecule has 1 N–H and O–H groups in total. The van der Waals surface area contributed by atoms with Crippen LogP contribution in [0.5, 0.6) is 0 Å². The normalized spacial score (nSPS) is 10.5. The van der Waals surface area contributed by atoms with E-state index in [1.54, 1.807) is 0 Å². The monoisotopic (exact) mass is 394 g/mol. The number of aryl methyl sites for hydroxylation is 3. The lowest BCUT2D eigenvalue weighted by atomic mass is 10.1. The first-order chi connectivity index (χ1) is 13.4. The molecule has 1 aromatic heterocycles. The van der Waals surface area contributed by atoms with E-state index in [1.807, 2.05) is 68.6 Å². The molecule has 0 saturated heterocycles. The van der Waals surface area contributed by atoms with E-state index in [4.69, 9.17) is 4.74 Å². The van der Waals surface area contributed by atoms with Crippen molar-refractivity contribution in [2.75, 3.05) is 5.32 Å². The molecule has 0 bridgehead atoms. The second-order valence-corrected chi connectivity index (χ2v) is 7.66. The van der Waals surface area contributed by atoms with E-state index in [0.717, 1.165) is 22.4 Å². The van der Waals surface area contributed by atoms with Crippen molar-refractivity contribution in [2.24, 2.45) is 0 Å². The second kappa shape index (κ2) is 8.80. The zero-order valence-electron chi connectivity index (χ0n) is 16.1. The maximum Gasteiger partial charge on any atom is 0.338 e. The summed E-state index contributed by atoms with van der Waals surface area (Å²) in [6, 6.07) is 13.3. The molecule has 0 aliphatic heterocycles. The topological polar surface area (TPSA) is 68.3 Å². The highest BCUT2D eigenvalue weighted by molar-refractivity contribution is 7.09. The van der Waals surface area contributed by atoms with E-state index in [1.165, 1.54) is 11.3 Å². The average molecular weight is 394 g/mol. The lowest BCUT2D eigenvalue weighted by Crippen LogP contribution is -2.14. The first kappa shape index (κ1) is 19.8. The Morgan fingerprint density at radius 2 is 1.75 bits per heavy atom. The predicted octanol–water partition coefficient (Wildman–Crippen LogP) is 4.61. The first-order valence-corrected chi connectivity index (χ1v) is 9.83. The van der Waals surface area contributed by atoms with Crippen molar-refractivity contribution in [3.63, 3.8) is 0 Å². The van der Waals surface area contributed by atoms with Crippen molar-refractivity contribution < 1.29 is 14.3 Å². The Morgan fingerprint density at radius 1 is 1.04 bits per heavy atom. The van der Waals surface area contributed by atoms with E-state index < -0.39 is 0 Å². The number of nitrogens with zero attached hydrogens (tertiary/aromatic N) is 1. The summed E-state index contributed by atoms with van der Waals surface area (Å²) in [6.07, 6.45) is 0.184. The molecular formula is C22H22N2O3S. The standard InChI is InChI=1S/C22H22N2O3S/c1-14-5-8-17(9-6-14)23-20(25)11-21-24-18(13-28-21)12-27-22(26)19-10-15(2)4-7-16(19)3/h4-10,13H,11-12H2,1-3H3,(H,23,25). The summed E-state index contributed by atoms with van der Waals surface area (Å²) < 4.78 is 5.38. The average Bonchev–Trinajstić information content (AvgIpc) is 3.11. The molecule has 0 aliphatic carbocycles. The highest BCUT2D eigenvalue weighted by Gasteiger charge is 2.13. The Bertz CT molecular complexity index is 993. The fourth-order valence-corrected chi connectivity index (χ4v) is 3.43. The number of carbonyl (C=O) groups excluding carboxylic acids is 2. The van der Waals surface area contributed by atoms with Gasteiger partial charge >= 0.3 is 5.97 Å². The molecule has 1 amide bonds. The number of benzene rings is 2. The third-order valence-electron chi connectivity index (χ3n) is 4.21. The van der Waals surface area contributed by atoms with Gasteiger partial charge < -0.3 is 10.1 Å². The van der Waals surface area contributed by atoms with Gasteiger partial charge in [0.05, 0.1) is 17.7 Å². The van der Waals surface area contributed by atoms with Crippen LogP contribution in [0.4, 0.5) is 5.69 Å². The summed E-state index contributed by atoms with van der Waals surface area (Å²) in [5.41, 5.74) is 4.98. The number of rotatable bonds is 6. The molecule has 2 aromatic carbocycles. The number of carbonyl (C=O) groups is 2. The highest BCUT2D eigenvalue weighted by atomic mass is 32.1. The van der Waals surface area contributed by atoms with Gasteiger partial charge in [-0.3, -0.25) is 4.79 Å². The number of thiazole rings is 1. The number of amides is 1. The summed E-state index contributed by atoms with van der Waals surface area (Å²) >= 11 is 1.38. The molecule has 3 aromatic rings. The molecule has 0 atom stereocenters. The third kappa shape index (κ3) is 5.27. The van der Waals surface area contributed by atoms with E-state index in [0.29, 0.717) is 16.3 Å². The third-order valence-corrected chi connectivity index (χ3v) is 5.11. The predicted molar refractivity (Wildman–Crippen MR) is 111 cm³/mol. The number of aromatic nitrogens is 1. The molecule has 6 heteroatoms. The second-order valence-electron chi connectivity index (χ2n) is 6.72. The summed E-state index contributed by atoms with van der Waals surface area (Å²) in [5, 5.41) is 5.35. The molecule has 0 spiro atoms. The van der Waals surface area contributed by atoms with Crippen LogP contribution in [0.2, 0.25) is 0 Å². The van der Waals surface area contributed by atoms with Crippen molar-refractivity contribution >= 4 is 28.9 Å². The number of esters is 1. The van der Waals surface area contributed by atoms with Gasteiger partial charge in [-0.25, -0.2) is 9.78 Å². The molecule has 1 heterocycles. The largest absolute Gasteiger partial charge is 0.456 e. The zero-order valence-corrected chi connectivity index (χ0v) is 16.9. The number of nitrogens with one attached hydrogen (secondary N) is 1. The van der Waals surface area contributed by atoms with Gasteiger partial charge in [0.25, 0.3) is 0 Å². The lowest BCUT2D eigenvalue weighted by molar-refractivity contribution is -0.115. The molecule has 144 valence electrons. The Kier molecular flexibility index (Phi) is 6.21. The van der Waals surface area contributed by atoms with Gasteiger partial charge in [0, 0.05) is 11.1 Å². The molecule has 0 unspecified atom stereocenters. The smallest absolute Gasteiger partial charge is 0.338 e. The molecule has 0 radical (unpaired) electrons. The van der Waals surface area contributed by atoms with Crippen LogP contribution in [0.3, 0.4) is 0 Å². The van der Waals surface area contributed by atoms with Crippen molar-refractivity contribution in [3.8, 4) is 0 Å². The molecule has 0 saturated carbocycles. The van der Waals surface area contributed by atoms with Crippen LogP contribution in [0.1, 0.15) is 37.7 Å². The molecular weight excluding hydrogens is 372 g/mol. The summed E-state index contributed by atoms with van der Waals surface area (Å²) in [6.45, 7) is 5.90. The van der Waals surface area contributed by atoms with Gasteiger partial charge in [0.15, 0.2) is 0 Å². The Labute approximate surface area is 168 Å². The maximum atomic E-state index is 12.3. The van der Waals surface area contributed by atoms with Crippen LogP contribution in [-0.2, 0) is 22.6 Å². The van der Waals surface area contributed by atoms with Crippen LogP contribution in [0.25, 0.3) is 0 Å². The van der Waals surface area contributed by atoms with E-state index in [-0.39, 0.29) is 24.9 Å². The minimum Gasteiger partial charge on any atom is -0.456 e. The van der Waals surface area contributed by atoms with Crippen molar-refractivity contribution in [1.82, 2.24) is 4.98 Å². The highest BCUT2D eigenvalue weighted by Crippen LogP contribution is 2.16. The summed E-state index contributed by atoms with van der Waals surface area (Å²) in [4.78, 5) is 28.9. The Morgan fingerprint density at radius 3 is 2.50 bits per heavy atom. The quantitative estimate of drug-likeness (QED) is 0.620. The van der Waals surface area contributed by atoms with Gasteiger partial charge in [-0.2, -0.15) is 0 Å². The number of hydrogen-bond acceptors (Lipinski definition) is 5. The van der Waals surface area contributed by atoms with Crippen molar-refractivity contribution in [1.29, 1.82) is 0 Å². The van der Waals surface area contributed by atoms with Gasteiger partial charge in [0.2, 0.25) is 5.91 Å². The van der Waals surface area contributed by atoms with Crippen LogP contribution in [-0.4, -0.2) is 16.9 Å². The SMILES string of the molecule is Cc1ccc(NC(=O)Cc2nc(COC(=O)c3cc(C)ccc3C)cs2)cc1. The minimum absolute atomic E-state index is 0.0856. The van der Waals surface area contributed by atoms with Crippen LogP contribution in [0.15, 0.2) is 47.8 Å². The number of anilines is 1. The van der Waals surface area contributed by atoms with E-state index in [9.17, 15) is 9.59 Å². The fourth-order valence-electron chi connectivity index (χ4n) is 2.65. The molecule has 5 nitrogen and oxygen atoms in total. The zero-order chi connectivity index (χ0) is 20.1. The van der Waals surface area contributed by atoms with Crippen LogP contribution < -0.4 is 5.32 Å². The van der Waals surface area contributed by atoms with Crippen LogP contribution >= 0.6 is 11.3 Å². The van der Waals surface area contributed by atoms with Crippen molar-refractivity contribution in [2.45, 2.75) is 33.8 Å². The summed E-state index contributed by atoms with van der Waals surface area (Å²) in [7, 11) is 0. The number of ether oxygens (including phenoxy) is 1. The number of hydrogen-bond donors (Lipinski definition) is 1. The molecule has 0 aliphatic rings. The van der Waals surface area contributed by atoms with Gasteiger partial charge in [-0.05, 0) is 44.5 Å². The van der Waals surface area contributed by atoms with Gasteiger partial charge in [0.1, 0.15) is 11.6 Å². The molecule has 28 heavy (non-hydrogen) atoms. The Hall–Kier alpha value is -2.99. The fraction of sp³-hybridized carbons (Fsp3) is 0.227. The van der Waals surface area contributed by atoms with Crippen molar-refractivity contribution in [3.05, 3.63) is 80.8 Å². The molecule has 3 rings (SSSR count). The van der Waals surface area contributed by atoms with Crippen LogP contribution in [0, 0.1) is 20.8 Å². The van der Waals surface area contributed by atoms with Gasteiger partial charge in [-0.15, -0.1) is 11.3 Å². The lowest BCUT2D eigenvalue weighted by Gasteiger charge is -2.07. The summed E-state index contributed by atoms with van der Waals surface area (Å²) in [5.74, 6) is -0.495. The molecule has 0 fully saturated rings. The maximum absolute atomic E-state index is 12.3.